The van der Waals surface area contributed by atoms with Crippen LogP contribution in [0.15, 0.2) is 36.4 Å². The van der Waals surface area contributed by atoms with E-state index in [1.54, 1.807) is 0 Å². The third-order valence-electron chi connectivity index (χ3n) is 4.38. The zero-order chi connectivity index (χ0) is 16.7. The molecule has 1 nitrogen and oxygen atoms in total. The normalized spacial score (nSPS) is 11.1. The molecule has 0 saturated carbocycles. The second kappa shape index (κ2) is 8.57. The van der Waals surface area contributed by atoms with Crippen molar-refractivity contribution in [2.45, 2.75) is 47.0 Å². The second-order valence-corrected chi connectivity index (χ2v) is 6.03. The zero-order valence-electron chi connectivity index (χ0n) is 14.9. The predicted octanol–water partition coefficient (Wildman–Crippen LogP) is 6.22. The highest BCUT2D eigenvalue weighted by Crippen LogP contribution is 2.26. The van der Waals surface area contributed by atoms with Gasteiger partial charge in [0.2, 0.25) is 0 Å². The topological polar surface area (TPSA) is 9.23 Å². The minimum atomic E-state index is 0.801. The molecule has 0 spiro atoms. The number of hydrogen-bond acceptors (Lipinski definition) is 1. The van der Waals surface area contributed by atoms with Crippen LogP contribution < -0.4 is 4.74 Å². The summed E-state index contributed by atoms with van der Waals surface area (Å²) in [5.74, 6) is 1.01. The van der Waals surface area contributed by atoms with Gasteiger partial charge in [-0.25, -0.2) is 0 Å². The molecule has 23 heavy (non-hydrogen) atoms. The fourth-order valence-electron chi connectivity index (χ4n) is 2.53. The van der Waals surface area contributed by atoms with Gasteiger partial charge in [-0.3, -0.25) is 0 Å². The summed E-state index contributed by atoms with van der Waals surface area (Å²) < 4.78 is 5.88. The summed E-state index contributed by atoms with van der Waals surface area (Å²) in [6.45, 7) is 9.48. The van der Waals surface area contributed by atoms with E-state index in [1.807, 2.05) is 0 Å². The predicted molar refractivity (Wildman–Crippen MR) is 101 cm³/mol. The van der Waals surface area contributed by atoms with Gasteiger partial charge >= 0.3 is 0 Å². The smallest absolute Gasteiger partial charge is 0.122 e. The average molecular weight is 308 g/mol. The molecule has 0 N–H and O–H groups in total. The SMILES string of the molecule is CCCCOc1ccc(C=Cc2ccc(CC)cc2)c(C)c1C. The molecule has 0 aromatic heterocycles. The summed E-state index contributed by atoms with van der Waals surface area (Å²) in [5, 5.41) is 0. The Morgan fingerprint density at radius 3 is 2.26 bits per heavy atom. The molecule has 0 saturated heterocycles. The highest BCUT2D eigenvalue weighted by atomic mass is 16.5. The van der Waals surface area contributed by atoms with E-state index in [0.29, 0.717) is 0 Å². The van der Waals surface area contributed by atoms with Crippen molar-refractivity contribution >= 4 is 12.2 Å². The Balaban J connectivity index is 2.13. The Hall–Kier alpha value is -2.02. The Kier molecular flexibility index (Phi) is 6.46. The first-order chi connectivity index (χ1) is 11.2. The maximum atomic E-state index is 5.88. The Labute approximate surface area is 141 Å². The highest BCUT2D eigenvalue weighted by Gasteiger charge is 2.05. The Morgan fingerprint density at radius 2 is 1.61 bits per heavy atom. The van der Waals surface area contributed by atoms with Crippen molar-refractivity contribution in [2.75, 3.05) is 6.61 Å². The lowest BCUT2D eigenvalue weighted by atomic mass is 10.0. The fraction of sp³-hybridized carbons (Fsp3) is 0.364. The molecule has 1 heteroatoms. The molecule has 0 radical (unpaired) electrons. The third kappa shape index (κ3) is 4.72. The minimum absolute atomic E-state index is 0.801. The van der Waals surface area contributed by atoms with Crippen LogP contribution in [0.25, 0.3) is 12.2 Å². The van der Waals surface area contributed by atoms with Crippen LogP contribution in [-0.2, 0) is 6.42 Å². The summed E-state index contributed by atoms with van der Waals surface area (Å²) >= 11 is 0. The number of rotatable bonds is 7. The number of aryl methyl sites for hydroxylation is 1. The standard InChI is InChI=1S/C22H28O/c1-5-7-16-23-22-15-14-21(17(3)18(22)4)13-12-20-10-8-19(6-2)9-11-20/h8-15H,5-7,16H2,1-4H3. The van der Waals surface area contributed by atoms with E-state index in [4.69, 9.17) is 4.74 Å². The van der Waals surface area contributed by atoms with Crippen molar-refractivity contribution in [3.8, 4) is 5.75 Å². The maximum Gasteiger partial charge on any atom is 0.122 e. The van der Waals surface area contributed by atoms with Gasteiger partial charge < -0.3 is 4.74 Å². The lowest BCUT2D eigenvalue weighted by molar-refractivity contribution is 0.307. The molecule has 0 heterocycles. The molecule has 0 fully saturated rings. The van der Waals surface area contributed by atoms with Gasteiger partial charge in [-0.1, -0.05) is 62.8 Å². The molecule has 0 aliphatic carbocycles. The molecule has 2 aromatic rings. The largest absolute Gasteiger partial charge is 0.493 e. The molecule has 2 rings (SSSR count). The van der Waals surface area contributed by atoms with E-state index in [2.05, 4.69) is 76.2 Å². The van der Waals surface area contributed by atoms with E-state index in [9.17, 15) is 0 Å². The van der Waals surface area contributed by atoms with Crippen LogP contribution in [0.2, 0.25) is 0 Å². The lowest BCUT2D eigenvalue weighted by Gasteiger charge is -2.12. The Bertz CT molecular complexity index is 650. The first kappa shape index (κ1) is 17.3. The van der Waals surface area contributed by atoms with Gasteiger partial charge in [0, 0.05) is 0 Å². The van der Waals surface area contributed by atoms with Crippen molar-refractivity contribution in [2.24, 2.45) is 0 Å². The van der Waals surface area contributed by atoms with Crippen LogP contribution in [0.4, 0.5) is 0 Å². The van der Waals surface area contributed by atoms with Gasteiger partial charge in [-0.15, -0.1) is 0 Å². The summed E-state index contributed by atoms with van der Waals surface area (Å²) in [6.07, 6.45) is 7.73. The molecule has 0 bridgehead atoms. The van der Waals surface area contributed by atoms with Gasteiger partial charge in [0.15, 0.2) is 0 Å². The van der Waals surface area contributed by atoms with Gasteiger partial charge in [0.1, 0.15) is 5.75 Å². The van der Waals surface area contributed by atoms with Gasteiger partial charge in [0.25, 0.3) is 0 Å². The van der Waals surface area contributed by atoms with Crippen LogP contribution in [0.5, 0.6) is 5.75 Å². The number of hydrogen-bond donors (Lipinski definition) is 0. The molecular weight excluding hydrogens is 280 g/mol. The van der Waals surface area contributed by atoms with Crippen molar-refractivity contribution < 1.29 is 4.74 Å². The monoisotopic (exact) mass is 308 g/mol. The van der Waals surface area contributed by atoms with Crippen LogP contribution in [0.3, 0.4) is 0 Å². The van der Waals surface area contributed by atoms with Crippen molar-refractivity contribution in [1.29, 1.82) is 0 Å². The summed E-state index contributed by atoms with van der Waals surface area (Å²) in [5.41, 5.74) is 6.40. The van der Waals surface area contributed by atoms with Crippen molar-refractivity contribution in [3.05, 3.63) is 64.2 Å². The van der Waals surface area contributed by atoms with Gasteiger partial charge in [-0.2, -0.15) is 0 Å². The molecule has 0 aliphatic heterocycles. The van der Waals surface area contributed by atoms with E-state index in [1.165, 1.54) is 27.8 Å². The minimum Gasteiger partial charge on any atom is -0.493 e. The fourth-order valence-corrected chi connectivity index (χ4v) is 2.53. The average Bonchev–Trinajstić information content (AvgIpc) is 2.58. The number of benzene rings is 2. The Morgan fingerprint density at radius 1 is 0.870 bits per heavy atom. The summed E-state index contributed by atoms with van der Waals surface area (Å²) in [6, 6.07) is 13.0. The van der Waals surface area contributed by atoms with Gasteiger partial charge in [-0.05, 0) is 60.6 Å². The quantitative estimate of drug-likeness (QED) is 0.436. The molecule has 0 aliphatic rings. The molecule has 0 unspecified atom stereocenters. The first-order valence-corrected chi connectivity index (χ1v) is 8.65. The van der Waals surface area contributed by atoms with Crippen molar-refractivity contribution in [3.63, 3.8) is 0 Å². The van der Waals surface area contributed by atoms with E-state index in [-0.39, 0.29) is 0 Å². The molecular formula is C22H28O. The molecule has 122 valence electrons. The molecule has 0 amide bonds. The van der Waals surface area contributed by atoms with Crippen LogP contribution in [0.1, 0.15) is 54.5 Å². The van der Waals surface area contributed by atoms with Gasteiger partial charge in [0.05, 0.1) is 6.61 Å². The van der Waals surface area contributed by atoms with Crippen LogP contribution >= 0.6 is 0 Å². The maximum absolute atomic E-state index is 5.88. The zero-order valence-corrected chi connectivity index (χ0v) is 14.9. The lowest BCUT2D eigenvalue weighted by Crippen LogP contribution is -2.00. The van der Waals surface area contributed by atoms with E-state index in [0.717, 1.165) is 31.6 Å². The summed E-state index contributed by atoms with van der Waals surface area (Å²) in [4.78, 5) is 0. The molecule has 0 atom stereocenters. The van der Waals surface area contributed by atoms with Crippen LogP contribution in [-0.4, -0.2) is 6.61 Å². The third-order valence-corrected chi connectivity index (χ3v) is 4.38. The molecule has 2 aromatic carbocycles. The number of ether oxygens (including phenoxy) is 1. The summed E-state index contributed by atoms with van der Waals surface area (Å²) in [7, 11) is 0. The highest BCUT2D eigenvalue weighted by molar-refractivity contribution is 5.72. The van der Waals surface area contributed by atoms with Crippen molar-refractivity contribution in [1.82, 2.24) is 0 Å². The van der Waals surface area contributed by atoms with Crippen LogP contribution in [0, 0.1) is 13.8 Å². The number of unbranched alkanes of at least 4 members (excludes halogenated alkanes) is 1. The van der Waals surface area contributed by atoms with E-state index < -0.39 is 0 Å². The second-order valence-electron chi connectivity index (χ2n) is 6.03. The first-order valence-electron chi connectivity index (χ1n) is 8.65. The van der Waals surface area contributed by atoms with E-state index >= 15 is 0 Å².